The van der Waals surface area contributed by atoms with E-state index in [4.69, 9.17) is 0 Å². The zero-order valence-corrected chi connectivity index (χ0v) is 10.2. The van der Waals surface area contributed by atoms with Crippen LogP contribution in [-0.2, 0) is 7.05 Å². The second kappa shape index (κ2) is 4.59. The van der Waals surface area contributed by atoms with Crippen molar-refractivity contribution in [2.24, 2.45) is 7.05 Å². The molecule has 0 saturated carbocycles. The predicted molar refractivity (Wildman–Crippen MR) is 58.8 cm³/mol. The highest BCUT2D eigenvalue weighted by atomic mass is 79.9. The van der Waals surface area contributed by atoms with Crippen molar-refractivity contribution in [1.82, 2.24) is 15.1 Å². The number of rotatable bonds is 3. The second-order valence-corrected chi connectivity index (χ2v) is 3.91. The molecule has 78 valence electrons. The van der Waals surface area contributed by atoms with E-state index in [9.17, 15) is 4.79 Å². The Kier molecular flexibility index (Phi) is 3.69. The lowest BCUT2D eigenvalue weighted by Gasteiger charge is -2.02. The number of hydrogen-bond donors (Lipinski definition) is 1. The summed E-state index contributed by atoms with van der Waals surface area (Å²) in [7, 11) is 1.84. The van der Waals surface area contributed by atoms with Gasteiger partial charge in [-0.1, -0.05) is 15.9 Å². The molecule has 1 rings (SSSR count). The van der Waals surface area contributed by atoms with E-state index in [0.717, 1.165) is 16.7 Å². The molecule has 1 amide bonds. The number of nitrogens with one attached hydrogen (secondary N) is 1. The van der Waals surface area contributed by atoms with Gasteiger partial charge >= 0.3 is 0 Å². The van der Waals surface area contributed by atoms with Crippen LogP contribution in [-0.4, -0.2) is 27.6 Å². The van der Waals surface area contributed by atoms with E-state index in [1.165, 1.54) is 0 Å². The average Bonchev–Trinajstić information content (AvgIpc) is 2.38. The number of carbonyl (C=O) groups is 1. The SMILES string of the molecule is Cc1nn(C)c(C)c1C(=O)NCCBr. The van der Waals surface area contributed by atoms with E-state index in [1.54, 1.807) is 4.68 Å². The molecule has 0 aliphatic rings. The van der Waals surface area contributed by atoms with Gasteiger partial charge in [0.05, 0.1) is 11.3 Å². The molecule has 0 radical (unpaired) electrons. The van der Waals surface area contributed by atoms with Crippen LogP contribution in [0.2, 0.25) is 0 Å². The van der Waals surface area contributed by atoms with E-state index in [2.05, 4.69) is 26.3 Å². The van der Waals surface area contributed by atoms with Crippen LogP contribution in [0.25, 0.3) is 0 Å². The third-order valence-electron chi connectivity index (χ3n) is 2.12. The van der Waals surface area contributed by atoms with Crippen LogP contribution in [0.15, 0.2) is 0 Å². The summed E-state index contributed by atoms with van der Waals surface area (Å²) >= 11 is 3.26. The zero-order chi connectivity index (χ0) is 10.7. The molecule has 0 spiro atoms. The van der Waals surface area contributed by atoms with E-state index >= 15 is 0 Å². The van der Waals surface area contributed by atoms with Crippen molar-refractivity contribution >= 4 is 21.8 Å². The minimum absolute atomic E-state index is 0.0486. The first-order valence-corrected chi connectivity index (χ1v) is 5.54. The maximum Gasteiger partial charge on any atom is 0.255 e. The smallest absolute Gasteiger partial charge is 0.255 e. The maximum absolute atomic E-state index is 11.7. The van der Waals surface area contributed by atoms with Crippen molar-refractivity contribution in [3.63, 3.8) is 0 Å². The van der Waals surface area contributed by atoms with Crippen LogP contribution in [0, 0.1) is 13.8 Å². The van der Waals surface area contributed by atoms with E-state index < -0.39 is 0 Å². The Balaban J connectivity index is 2.89. The van der Waals surface area contributed by atoms with Gasteiger partial charge in [-0.05, 0) is 13.8 Å². The summed E-state index contributed by atoms with van der Waals surface area (Å²) in [6.45, 7) is 4.37. The van der Waals surface area contributed by atoms with Gasteiger partial charge in [0.25, 0.3) is 5.91 Å². The van der Waals surface area contributed by atoms with E-state index in [1.807, 2.05) is 20.9 Å². The lowest BCUT2D eigenvalue weighted by atomic mass is 10.2. The Labute approximate surface area is 91.8 Å². The first kappa shape index (κ1) is 11.2. The third kappa shape index (κ3) is 2.15. The van der Waals surface area contributed by atoms with Crippen LogP contribution >= 0.6 is 15.9 Å². The highest BCUT2D eigenvalue weighted by Crippen LogP contribution is 2.11. The molecule has 0 aliphatic heterocycles. The highest BCUT2D eigenvalue weighted by molar-refractivity contribution is 9.09. The first-order valence-electron chi connectivity index (χ1n) is 4.42. The van der Waals surface area contributed by atoms with Gasteiger partial charge < -0.3 is 5.32 Å². The van der Waals surface area contributed by atoms with Crippen LogP contribution < -0.4 is 5.32 Å². The lowest BCUT2D eigenvalue weighted by molar-refractivity contribution is 0.0955. The molecule has 5 heteroatoms. The Bertz CT molecular complexity index is 346. The summed E-state index contributed by atoms with van der Waals surface area (Å²) < 4.78 is 1.72. The number of carbonyl (C=O) groups excluding carboxylic acids is 1. The Morgan fingerprint density at radius 3 is 2.64 bits per heavy atom. The Hall–Kier alpha value is -0.840. The molecule has 1 aromatic rings. The van der Waals surface area contributed by atoms with Gasteiger partial charge in [-0.3, -0.25) is 9.48 Å². The van der Waals surface area contributed by atoms with Crippen LogP contribution in [0.5, 0.6) is 0 Å². The molecular formula is C9H14BrN3O. The molecule has 14 heavy (non-hydrogen) atoms. The monoisotopic (exact) mass is 259 g/mol. The molecule has 0 atom stereocenters. The number of aryl methyl sites for hydroxylation is 2. The van der Waals surface area contributed by atoms with Crippen molar-refractivity contribution in [3.05, 3.63) is 17.0 Å². The van der Waals surface area contributed by atoms with Gasteiger partial charge in [0, 0.05) is 24.6 Å². The van der Waals surface area contributed by atoms with Gasteiger partial charge in [0.15, 0.2) is 0 Å². The number of nitrogens with zero attached hydrogens (tertiary/aromatic N) is 2. The summed E-state index contributed by atoms with van der Waals surface area (Å²) in [5.74, 6) is -0.0486. The fourth-order valence-electron chi connectivity index (χ4n) is 1.35. The maximum atomic E-state index is 11.7. The Morgan fingerprint density at radius 2 is 2.21 bits per heavy atom. The Morgan fingerprint density at radius 1 is 1.57 bits per heavy atom. The molecule has 1 N–H and O–H groups in total. The molecule has 0 unspecified atom stereocenters. The summed E-state index contributed by atoms with van der Waals surface area (Å²) in [5, 5.41) is 7.75. The molecule has 0 bridgehead atoms. The summed E-state index contributed by atoms with van der Waals surface area (Å²) in [6, 6.07) is 0. The number of hydrogen-bond acceptors (Lipinski definition) is 2. The van der Waals surface area contributed by atoms with Crippen molar-refractivity contribution in [2.45, 2.75) is 13.8 Å². The van der Waals surface area contributed by atoms with Gasteiger partial charge in [-0.25, -0.2) is 0 Å². The highest BCUT2D eigenvalue weighted by Gasteiger charge is 2.16. The van der Waals surface area contributed by atoms with Crippen molar-refractivity contribution in [3.8, 4) is 0 Å². The number of alkyl halides is 1. The molecule has 0 fully saturated rings. The summed E-state index contributed by atoms with van der Waals surface area (Å²) in [4.78, 5) is 11.7. The lowest BCUT2D eigenvalue weighted by Crippen LogP contribution is -2.26. The second-order valence-electron chi connectivity index (χ2n) is 3.11. The molecule has 0 aliphatic carbocycles. The number of aromatic nitrogens is 2. The van der Waals surface area contributed by atoms with Crippen LogP contribution in [0.3, 0.4) is 0 Å². The van der Waals surface area contributed by atoms with Gasteiger partial charge in [-0.15, -0.1) is 0 Å². The molecule has 0 saturated heterocycles. The van der Waals surface area contributed by atoms with Crippen molar-refractivity contribution < 1.29 is 4.79 Å². The topological polar surface area (TPSA) is 46.9 Å². The fraction of sp³-hybridized carbons (Fsp3) is 0.556. The van der Waals surface area contributed by atoms with E-state index in [-0.39, 0.29) is 5.91 Å². The largest absolute Gasteiger partial charge is 0.351 e. The minimum Gasteiger partial charge on any atom is -0.351 e. The minimum atomic E-state index is -0.0486. The molecule has 4 nitrogen and oxygen atoms in total. The number of amides is 1. The van der Waals surface area contributed by atoms with Gasteiger partial charge in [0.1, 0.15) is 0 Å². The van der Waals surface area contributed by atoms with E-state index in [0.29, 0.717) is 12.1 Å². The third-order valence-corrected chi connectivity index (χ3v) is 2.51. The summed E-state index contributed by atoms with van der Waals surface area (Å²) in [6.07, 6.45) is 0. The van der Waals surface area contributed by atoms with Gasteiger partial charge in [-0.2, -0.15) is 5.10 Å². The number of halogens is 1. The van der Waals surface area contributed by atoms with Gasteiger partial charge in [0.2, 0.25) is 0 Å². The molecule has 1 aromatic heterocycles. The van der Waals surface area contributed by atoms with Crippen LogP contribution in [0.4, 0.5) is 0 Å². The standard InChI is InChI=1S/C9H14BrN3O/c1-6-8(7(2)13(3)12-6)9(14)11-5-4-10/h4-5H2,1-3H3,(H,11,14). The van der Waals surface area contributed by atoms with Crippen molar-refractivity contribution in [2.75, 3.05) is 11.9 Å². The summed E-state index contributed by atoms with van der Waals surface area (Å²) in [5.41, 5.74) is 2.36. The quantitative estimate of drug-likeness (QED) is 0.829. The van der Waals surface area contributed by atoms with Crippen LogP contribution in [0.1, 0.15) is 21.7 Å². The normalized spacial score (nSPS) is 10.3. The molecular weight excluding hydrogens is 246 g/mol. The average molecular weight is 260 g/mol. The predicted octanol–water partition coefficient (Wildman–Crippen LogP) is 1.16. The fourth-order valence-corrected chi connectivity index (χ4v) is 1.55. The molecule has 0 aromatic carbocycles. The zero-order valence-electron chi connectivity index (χ0n) is 8.59. The molecule has 1 heterocycles. The van der Waals surface area contributed by atoms with Crippen molar-refractivity contribution in [1.29, 1.82) is 0 Å². The first-order chi connectivity index (χ1) is 6.57.